The molecular weight excluding hydrogens is 390 g/mol. The van der Waals surface area contributed by atoms with Crippen LogP contribution in [-0.2, 0) is 0 Å². The predicted octanol–water partition coefficient (Wildman–Crippen LogP) is 7.55. The van der Waals surface area contributed by atoms with Gasteiger partial charge in [0, 0.05) is 33.8 Å². The van der Waals surface area contributed by atoms with Gasteiger partial charge in [-0.1, -0.05) is 67.9 Å². The molecule has 2 aromatic heterocycles. The fraction of sp³-hybridized carbons (Fsp3) is 0.172. The Hall–Kier alpha value is -3.72. The van der Waals surface area contributed by atoms with E-state index >= 15 is 0 Å². The molecule has 156 valence electrons. The van der Waals surface area contributed by atoms with E-state index in [1.807, 2.05) is 0 Å². The molecule has 0 unspecified atom stereocenters. The van der Waals surface area contributed by atoms with Gasteiger partial charge in [-0.25, -0.2) is 0 Å². The highest BCUT2D eigenvalue weighted by Gasteiger charge is 2.27. The van der Waals surface area contributed by atoms with E-state index in [1.165, 1.54) is 68.0 Å². The van der Waals surface area contributed by atoms with E-state index in [-0.39, 0.29) is 0 Å². The topological polar surface area (TPSA) is 10.9 Å². The van der Waals surface area contributed by atoms with Crippen molar-refractivity contribution in [1.29, 1.82) is 0 Å². The molecule has 1 aliphatic heterocycles. The number of nitrogens with zero attached hydrogens (tertiary/aromatic N) is 3. The standard InChI is InChI=1S/C29H25N3/c1-2-3-17-30-19-31(27-14-7-6-13-26(27)30)20-15-16-22-24-11-8-10-23-21-9-4-5-12-25(21)32(29(23)24)28(22)18-20/h4-16,18H,2-3,17,19H2,1H3. The van der Waals surface area contributed by atoms with Gasteiger partial charge in [0.1, 0.15) is 0 Å². The van der Waals surface area contributed by atoms with Crippen LogP contribution in [0.1, 0.15) is 19.8 Å². The Balaban J connectivity index is 1.46. The number of hydrogen-bond acceptors (Lipinski definition) is 2. The maximum absolute atomic E-state index is 2.52. The van der Waals surface area contributed by atoms with Gasteiger partial charge >= 0.3 is 0 Å². The molecule has 3 nitrogen and oxygen atoms in total. The van der Waals surface area contributed by atoms with E-state index in [1.54, 1.807) is 0 Å². The molecule has 0 saturated heterocycles. The van der Waals surface area contributed by atoms with E-state index in [4.69, 9.17) is 0 Å². The lowest BCUT2D eigenvalue weighted by Crippen LogP contribution is -2.28. The number of hydrogen-bond donors (Lipinski definition) is 0. The van der Waals surface area contributed by atoms with Gasteiger partial charge < -0.3 is 14.2 Å². The third-order valence-electron chi connectivity index (χ3n) is 7.13. The van der Waals surface area contributed by atoms with E-state index in [9.17, 15) is 0 Å². The summed E-state index contributed by atoms with van der Waals surface area (Å²) in [6, 6.07) is 31.3. The molecule has 0 saturated carbocycles. The summed E-state index contributed by atoms with van der Waals surface area (Å²) in [5.74, 6) is 0. The molecule has 4 aromatic carbocycles. The van der Waals surface area contributed by atoms with Crippen molar-refractivity contribution in [3.63, 3.8) is 0 Å². The zero-order chi connectivity index (χ0) is 21.2. The minimum absolute atomic E-state index is 0.910. The first-order valence-electron chi connectivity index (χ1n) is 11.6. The van der Waals surface area contributed by atoms with Crippen molar-refractivity contribution in [3.05, 3.63) is 84.9 Å². The minimum atomic E-state index is 0.910. The minimum Gasteiger partial charge on any atom is -0.352 e. The van der Waals surface area contributed by atoms with Crippen LogP contribution >= 0.6 is 0 Å². The largest absolute Gasteiger partial charge is 0.352 e. The lowest BCUT2D eigenvalue weighted by Gasteiger charge is -2.22. The van der Waals surface area contributed by atoms with E-state index in [0.717, 1.165) is 13.2 Å². The number of anilines is 3. The second kappa shape index (κ2) is 6.64. The first kappa shape index (κ1) is 17.9. The quantitative estimate of drug-likeness (QED) is 0.294. The van der Waals surface area contributed by atoms with Crippen molar-refractivity contribution in [1.82, 2.24) is 4.40 Å². The number of benzene rings is 4. The highest BCUT2D eigenvalue weighted by atomic mass is 15.4. The van der Waals surface area contributed by atoms with Crippen molar-refractivity contribution in [2.75, 3.05) is 23.0 Å². The summed E-state index contributed by atoms with van der Waals surface area (Å²) >= 11 is 0. The number of para-hydroxylation sites is 4. The molecule has 0 spiro atoms. The van der Waals surface area contributed by atoms with E-state index in [0.29, 0.717) is 0 Å². The number of fused-ring (bicyclic) bond motifs is 7. The van der Waals surface area contributed by atoms with Gasteiger partial charge in [0.2, 0.25) is 0 Å². The van der Waals surface area contributed by atoms with Gasteiger partial charge in [-0.15, -0.1) is 0 Å². The van der Waals surface area contributed by atoms with Gasteiger partial charge in [-0.2, -0.15) is 0 Å². The van der Waals surface area contributed by atoms with Crippen LogP contribution in [0.15, 0.2) is 84.9 Å². The van der Waals surface area contributed by atoms with Gasteiger partial charge in [0.05, 0.1) is 34.6 Å². The Morgan fingerprint density at radius 3 is 2.25 bits per heavy atom. The monoisotopic (exact) mass is 415 g/mol. The highest BCUT2D eigenvalue weighted by Crippen LogP contribution is 2.43. The molecule has 0 amide bonds. The summed E-state index contributed by atoms with van der Waals surface area (Å²) in [6.07, 6.45) is 2.43. The van der Waals surface area contributed by atoms with Crippen LogP contribution in [0.5, 0.6) is 0 Å². The lowest BCUT2D eigenvalue weighted by molar-refractivity contribution is 0.736. The fourth-order valence-corrected chi connectivity index (χ4v) is 5.63. The molecule has 3 heteroatoms. The van der Waals surface area contributed by atoms with E-state index in [2.05, 4.69) is 106 Å². The maximum Gasteiger partial charge on any atom is 0.0953 e. The zero-order valence-electron chi connectivity index (χ0n) is 18.3. The summed E-state index contributed by atoms with van der Waals surface area (Å²) in [7, 11) is 0. The van der Waals surface area contributed by atoms with Crippen molar-refractivity contribution in [2.45, 2.75) is 19.8 Å². The first-order chi connectivity index (χ1) is 15.8. The average Bonchev–Trinajstić information content (AvgIpc) is 3.49. The highest BCUT2D eigenvalue weighted by molar-refractivity contribution is 6.23. The third-order valence-corrected chi connectivity index (χ3v) is 7.13. The molecule has 0 radical (unpaired) electrons. The molecule has 6 aromatic rings. The summed E-state index contributed by atoms with van der Waals surface area (Å²) in [4.78, 5) is 4.99. The van der Waals surface area contributed by atoms with Crippen molar-refractivity contribution in [3.8, 4) is 0 Å². The van der Waals surface area contributed by atoms with Gasteiger partial charge in [-0.3, -0.25) is 0 Å². The van der Waals surface area contributed by atoms with Crippen molar-refractivity contribution >= 4 is 55.2 Å². The zero-order valence-corrected chi connectivity index (χ0v) is 18.3. The van der Waals surface area contributed by atoms with Crippen LogP contribution in [0.25, 0.3) is 38.1 Å². The van der Waals surface area contributed by atoms with Crippen LogP contribution in [0.3, 0.4) is 0 Å². The first-order valence-corrected chi connectivity index (χ1v) is 11.6. The SMILES string of the molecule is CCCCN1CN(c2ccc3c4cccc5c6ccccc6n(c3c2)c54)c2ccccc21. The number of rotatable bonds is 4. The lowest BCUT2D eigenvalue weighted by atomic mass is 10.1. The maximum atomic E-state index is 2.52. The normalized spacial score (nSPS) is 13.9. The average molecular weight is 416 g/mol. The molecule has 3 heterocycles. The van der Waals surface area contributed by atoms with Crippen LogP contribution in [0.4, 0.5) is 17.1 Å². The Labute approximate surface area is 187 Å². The smallest absolute Gasteiger partial charge is 0.0953 e. The molecule has 32 heavy (non-hydrogen) atoms. The Bertz CT molecular complexity index is 1610. The Morgan fingerprint density at radius 1 is 0.688 bits per heavy atom. The van der Waals surface area contributed by atoms with Gasteiger partial charge in [0.15, 0.2) is 0 Å². The summed E-state index contributed by atoms with van der Waals surface area (Å²) in [6.45, 7) is 4.27. The summed E-state index contributed by atoms with van der Waals surface area (Å²) in [5.41, 5.74) is 7.83. The number of aromatic nitrogens is 1. The molecule has 0 atom stereocenters. The van der Waals surface area contributed by atoms with Crippen molar-refractivity contribution in [2.24, 2.45) is 0 Å². The Morgan fingerprint density at radius 2 is 1.41 bits per heavy atom. The molecule has 7 rings (SSSR count). The molecule has 0 bridgehead atoms. The fourth-order valence-electron chi connectivity index (χ4n) is 5.63. The van der Waals surface area contributed by atoms with Gasteiger partial charge in [-0.05, 0) is 36.8 Å². The van der Waals surface area contributed by atoms with E-state index < -0.39 is 0 Å². The van der Waals surface area contributed by atoms with Gasteiger partial charge in [0.25, 0.3) is 0 Å². The Kier molecular flexibility index (Phi) is 3.71. The molecule has 0 aliphatic carbocycles. The molecular formula is C29H25N3. The molecule has 0 N–H and O–H groups in total. The van der Waals surface area contributed by atoms with Crippen LogP contribution in [-0.4, -0.2) is 17.6 Å². The number of unbranched alkanes of at least 4 members (excludes halogenated alkanes) is 1. The van der Waals surface area contributed by atoms with Crippen LogP contribution in [0, 0.1) is 0 Å². The van der Waals surface area contributed by atoms with Crippen LogP contribution in [0.2, 0.25) is 0 Å². The second-order valence-corrected chi connectivity index (χ2v) is 8.93. The summed E-state index contributed by atoms with van der Waals surface area (Å²) in [5, 5.41) is 5.34. The van der Waals surface area contributed by atoms with Crippen molar-refractivity contribution < 1.29 is 0 Å². The summed E-state index contributed by atoms with van der Waals surface area (Å²) < 4.78 is 2.47. The molecule has 0 fully saturated rings. The van der Waals surface area contributed by atoms with Crippen LogP contribution < -0.4 is 9.80 Å². The predicted molar refractivity (Wildman–Crippen MR) is 137 cm³/mol. The second-order valence-electron chi connectivity index (χ2n) is 8.93. The third kappa shape index (κ3) is 2.31. The molecule has 1 aliphatic rings.